The van der Waals surface area contributed by atoms with E-state index in [1.165, 1.54) is 19.4 Å². The van der Waals surface area contributed by atoms with Gasteiger partial charge < -0.3 is 4.98 Å². The van der Waals surface area contributed by atoms with Crippen molar-refractivity contribution < 1.29 is 0 Å². The first-order valence-electron chi connectivity index (χ1n) is 5.91. The molecule has 1 aromatic rings. The van der Waals surface area contributed by atoms with Crippen LogP contribution in [0.4, 0.5) is 0 Å². The van der Waals surface area contributed by atoms with Crippen molar-refractivity contribution in [3.8, 4) is 0 Å². The highest BCUT2D eigenvalue weighted by Crippen LogP contribution is 2.16. The quantitative estimate of drug-likeness (QED) is 0.789. The van der Waals surface area contributed by atoms with Crippen molar-refractivity contribution in [1.82, 2.24) is 19.6 Å². The highest BCUT2D eigenvalue weighted by molar-refractivity contribution is 7.97. The van der Waals surface area contributed by atoms with Gasteiger partial charge in [-0.25, -0.2) is 4.98 Å². The summed E-state index contributed by atoms with van der Waals surface area (Å²) in [6.07, 6.45) is 6.18. The third-order valence-electron chi connectivity index (χ3n) is 2.98. The predicted octanol–water partition coefficient (Wildman–Crippen LogP) is 1.88. The van der Waals surface area contributed by atoms with Crippen LogP contribution in [0.25, 0.3) is 0 Å². The molecule has 0 radical (unpaired) electrons. The maximum absolute atomic E-state index is 4.19. The average molecular weight is 240 g/mol. The van der Waals surface area contributed by atoms with Gasteiger partial charge in [0, 0.05) is 31.0 Å². The molecule has 2 N–H and O–H groups in total. The van der Waals surface area contributed by atoms with E-state index in [0.29, 0.717) is 12.1 Å². The molecular formula is C11H20N4S. The van der Waals surface area contributed by atoms with Gasteiger partial charge in [0.15, 0.2) is 5.16 Å². The number of likely N-dealkylation sites (tertiary alicyclic amines) is 1. The van der Waals surface area contributed by atoms with Gasteiger partial charge in [-0.1, -0.05) is 0 Å². The summed E-state index contributed by atoms with van der Waals surface area (Å²) >= 11 is 1.60. The van der Waals surface area contributed by atoms with Crippen molar-refractivity contribution >= 4 is 11.9 Å². The van der Waals surface area contributed by atoms with Gasteiger partial charge in [0.1, 0.15) is 0 Å². The first-order valence-corrected chi connectivity index (χ1v) is 6.73. The van der Waals surface area contributed by atoms with Crippen LogP contribution in [0.5, 0.6) is 0 Å². The Kier molecular flexibility index (Phi) is 4.26. The highest BCUT2D eigenvalue weighted by atomic mass is 32.2. The molecule has 0 bridgehead atoms. The monoisotopic (exact) mass is 240 g/mol. The predicted molar refractivity (Wildman–Crippen MR) is 67.3 cm³/mol. The van der Waals surface area contributed by atoms with Crippen molar-refractivity contribution in [2.45, 2.75) is 43.9 Å². The molecule has 2 rings (SSSR count). The molecule has 0 aromatic carbocycles. The lowest BCUT2D eigenvalue weighted by atomic mass is 10.1. The van der Waals surface area contributed by atoms with E-state index >= 15 is 0 Å². The largest absolute Gasteiger partial charge is 0.339 e. The highest BCUT2D eigenvalue weighted by Gasteiger charge is 2.21. The van der Waals surface area contributed by atoms with Gasteiger partial charge in [0.05, 0.1) is 0 Å². The first-order chi connectivity index (χ1) is 7.75. The zero-order chi connectivity index (χ0) is 11.4. The lowest BCUT2D eigenvalue weighted by Gasteiger charge is -2.35. The lowest BCUT2D eigenvalue weighted by molar-refractivity contribution is 0.164. The van der Waals surface area contributed by atoms with Crippen LogP contribution in [0.15, 0.2) is 17.6 Å². The molecule has 1 aliphatic heterocycles. The van der Waals surface area contributed by atoms with Crippen LogP contribution >= 0.6 is 11.9 Å². The number of piperidine rings is 1. The molecule has 0 spiro atoms. The molecule has 1 aliphatic rings. The number of nitrogens with one attached hydrogen (secondary N) is 2. The fourth-order valence-electron chi connectivity index (χ4n) is 2.02. The number of hydrogen-bond donors (Lipinski definition) is 2. The standard InChI is InChI=1S/C11H20N4S/c1-9(2)15-7-3-4-10(8-15)14-16-11-12-5-6-13-11/h5-6,9-10,14H,3-4,7-8H2,1-2H3,(H,12,13). The van der Waals surface area contributed by atoms with Crippen molar-refractivity contribution in [2.75, 3.05) is 13.1 Å². The number of nitrogens with zero attached hydrogens (tertiary/aromatic N) is 2. The zero-order valence-electron chi connectivity index (χ0n) is 9.94. The van der Waals surface area contributed by atoms with E-state index in [-0.39, 0.29) is 0 Å². The molecule has 0 saturated carbocycles. The summed E-state index contributed by atoms with van der Waals surface area (Å²) in [6.45, 7) is 6.91. The maximum atomic E-state index is 4.19. The Labute approximate surface area is 101 Å². The van der Waals surface area contributed by atoms with E-state index in [1.807, 2.05) is 6.20 Å². The lowest BCUT2D eigenvalue weighted by Crippen LogP contribution is -2.46. The normalized spacial score (nSPS) is 22.8. The molecule has 1 aromatic heterocycles. The van der Waals surface area contributed by atoms with Crippen LogP contribution in [-0.2, 0) is 0 Å². The third-order valence-corrected chi connectivity index (χ3v) is 3.85. The van der Waals surface area contributed by atoms with E-state index in [0.717, 1.165) is 11.7 Å². The third kappa shape index (κ3) is 3.23. The topological polar surface area (TPSA) is 44.0 Å². The number of hydrogen-bond acceptors (Lipinski definition) is 4. The number of aromatic nitrogens is 2. The summed E-state index contributed by atoms with van der Waals surface area (Å²) in [6, 6.07) is 1.23. The molecular weight excluding hydrogens is 220 g/mol. The molecule has 4 nitrogen and oxygen atoms in total. The fraction of sp³-hybridized carbons (Fsp3) is 0.727. The minimum absolute atomic E-state index is 0.575. The van der Waals surface area contributed by atoms with Crippen LogP contribution in [-0.4, -0.2) is 40.0 Å². The Morgan fingerprint density at radius 1 is 1.62 bits per heavy atom. The molecule has 5 heteroatoms. The molecule has 90 valence electrons. The molecule has 1 unspecified atom stereocenters. The maximum Gasteiger partial charge on any atom is 0.180 e. The van der Waals surface area contributed by atoms with Gasteiger partial charge in [-0.3, -0.25) is 9.62 Å². The summed E-state index contributed by atoms with van der Waals surface area (Å²) in [7, 11) is 0. The van der Waals surface area contributed by atoms with Gasteiger partial charge >= 0.3 is 0 Å². The summed E-state index contributed by atoms with van der Waals surface area (Å²) in [5.74, 6) is 0. The Balaban J connectivity index is 1.77. The first kappa shape index (κ1) is 12.0. The second kappa shape index (κ2) is 5.70. The van der Waals surface area contributed by atoms with Crippen LogP contribution in [0.2, 0.25) is 0 Å². The van der Waals surface area contributed by atoms with Crippen LogP contribution in [0.3, 0.4) is 0 Å². The Bertz CT molecular complexity index is 299. The summed E-state index contributed by atoms with van der Waals surface area (Å²) < 4.78 is 3.49. The minimum atomic E-state index is 0.575. The second-order valence-electron chi connectivity index (χ2n) is 4.54. The van der Waals surface area contributed by atoms with Gasteiger partial charge in [0.25, 0.3) is 0 Å². The molecule has 16 heavy (non-hydrogen) atoms. The van der Waals surface area contributed by atoms with E-state index in [9.17, 15) is 0 Å². The van der Waals surface area contributed by atoms with Gasteiger partial charge in [-0.2, -0.15) is 0 Å². The Morgan fingerprint density at radius 2 is 2.50 bits per heavy atom. The molecule has 1 atom stereocenters. The van der Waals surface area contributed by atoms with Crippen molar-refractivity contribution in [2.24, 2.45) is 0 Å². The van der Waals surface area contributed by atoms with Crippen LogP contribution in [0, 0.1) is 0 Å². The van der Waals surface area contributed by atoms with Gasteiger partial charge in [-0.05, 0) is 45.2 Å². The number of H-pyrrole nitrogens is 1. The molecule has 2 heterocycles. The number of imidazole rings is 1. The van der Waals surface area contributed by atoms with Crippen LogP contribution < -0.4 is 4.72 Å². The molecule has 0 aliphatic carbocycles. The van der Waals surface area contributed by atoms with E-state index in [4.69, 9.17) is 0 Å². The second-order valence-corrected chi connectivity index (χ2v) is 5.37. The smallest absolute Gasteiger partial charge is 0.180 e. The molecule has 1 fully saturated rings. The Morgan fingerprint density at radius 3 is 3.19 bits per heavy atom. The number of aromatic amines is 1. The SMILES string of the molecule is CC(C)N1CCCC(NSc2ncc[nH]2)C1. The van der Waals surface area contributed by atoms with Crippen molar-refractivity contribution in [3.63, 3.8) is 0 Å². The summed E-state index contributed by atoms with van der Waals surface area (Å²) in [5.41, 5.74) is 0. The average Bonchev–Trinajstić information content (AvgIpc) is 2.79. The summed E-state index contributed by atoms with van der Waals surface area (Å²) in [4.78, 5) is 9.80. The molecule has 0 amide bonds. The van der Waals surface area contributed by atoms with Gasteiger partial charge in [0.2, 0.25) is 0 Å². The van der Waals surface area contributed by atoms with Crippen molar-refractivity contribution in [1.29, 1.82) is 0 Å². The minimum Gasteiger partial charge on any atom is -0.339 e. The van der Waals surface area contributed by atoms with Crippen LogP contribution in [0.1, 0.15) is 26.7 Å². The Hall–Kier alpha value is -0.520. The number of rotatable bonds is 4. The zero-order valence-corrected chi connectivity index (χ0v) is 10.8. The molecule has 1 saturated heterocycles. The van der Waals surface area contributed by atoms with E-state index in [2.05, 4.69) is 33.4 Å². The van der Waals surface area contributed by atoms with E-state index < -0.39 is 0 Å². The van der Waals surface area contributed by atoms with Crippen molar-refractivity contribution in [3.05, 3.63) is 12.4 Å². The summed E-state index contributed by atoms with van der Waals surface area (Å²) in [5, 5.41) is 0.946. The fourth-order valence-corrected chi connectivity index (χ4v) is 2.73. The van der Waals surface area contributed by atoms with Gasteiger partial charge in [-0.15, -0.1) is 0 Å². The van der Waals surface area contributed by atoms with E-state index in [1.54, 1.807) is 18.1 Å².